The van der Waals surface area contributed by atoms with Crippen molar-refractivity contribution in [2.24, 2.45) is 0 Å². The molecule has 7 heteroatoms. The standard InChI is InChI=1S/C17H18N4O3/c18-6-5-16(22)20-8-10-21(11-9-20)17(23)13-14-1-3-15(4-2-14)24-12-7-19/h1-4H,5,8-13H2. The van der Waals surface area contributed by atoms with E-state index in [9.17, 15) is 9.59 Å². The van der Waals surface area contributed by atoms with E-state index in [-0.39, 0.29) is 31.3 Å². The van der Waals surface area contributed by atoms with Gasteiger partial charge in [0.25, 0.3) is 0 Å². The number of carbonyl (C=O) groups excluding carboxylic acids is 2. The number of amides is 2. The van der Waals surface area contributed by atoms with E-state index in [1.807, 2.05) is 12.1 Å². The van der Waals surface area contributed by atoms with Crippen molar-refractivity contribution in [3.8, 4) is 17.9 Å². The van der Waals surface area contributed by atoms with Gasteiger partial charge in [-0.3, -0.25) is 9.59 Å². The smallest absolute Gasteiger partial charge is 0.236 e. The Kier molecular flexibility index (Phi) is 6.16. The molecule has 2 rings (SSSR count). The number of hydrogen-bond donors (Lipinski definition) is 0. The fraction of sp³-hybridized carbons (Fsp3) is 0.412. The highest BCUT2D eigenvalue weighted by atomic mass is 16.5. The third kappa shape index (κ3) is 4.72. The summed E-state index contributed by atoms with van der Waals surface area (Å²) in [5.74, 6) is 0.419. The van der Waals surface area contributed by atoms with Gasteiger partial charge in [0.2, 0.25) is 11.8 Å². The van der Waals surface area contributed by atoms with E-state index in [0.29, 0.717) is 31.9 Å². The van der Waals surface area contributed by atoms with Gasteiger partial charge in [-0.1, -0.05) is 12.1 Å². The Hall–Kier alpha value is -3.06. The molecule has 0 bridgehead atoms. The van der Waals surface area contributed by atoms with Gasteiger partial charge in [-0.2, -0.15) is 10.5 Å². The monoisotopic (exact) mass is 326 g/mol. The first-order chi connectivity index (χ1) is 11.6. The highest BCUT2D eigenvalue weighted by Crippen LogP contribution is 2.14. The lowest BCUT2D eigenvalue weighted by Gasteiger charge is -2.34. The average molecular weight is 326 g/mol. The van der Waals surface area contributed by atoms with Crippen molar-refractivity contribution in [3.63, 3.8) is 0 Å². The number of benzene rings is 1. The van der Waals surface area contributed by atoms with E-state index in [4.69, 9.17) is 15.3 Å². The van der Waals surface area contributed by atoms with Crippen LogP contribution < -0.4 is 4.74 Å². The lowest BCUT2D eigenvalue weighted by molar-refractivity contribution is -0.138. The van der Waals surface area contributed by atoms with E-state index in [0.717, 1.165) is 5.56 Å². The van der Waals surface area contributed by atoms with Gasteiger partial charge in [-0.05, 0) is 17.7 Å². The van der Waals surface area contributed by atoms with Crippen LogP contribution in [0.15, 0.2) is 24.3 Å². The zero-order valence-corrected chi connectivity index (χ0v) is 13.3. The number of nitriles is 2. The molecule has 7 nitrogen and oxygen atoms in total. The van der Waals surface area contributed by atoms with Gasteiger partial charge in [0.05, 0.1) is 12.5 Å². The highest BCUT2D eigenvalue weighted by Gasteiger charge is 2.23. The molecule has 1 aromatic carbocycles. The molecule has 2 amide bonds. The molecule has 0 aliphatic carbocycles. The molecule has 24 heavy (non-hydrogen) atoms. The number of piperazine rings is 1. The third-order valence-electron chi connectivity index (χ3n) is 3.80. The van der Waals surface area contributed by atoms with Crippen LogP contribution in [-0.4, -0.2) is 54.4 Å². The second-order valence-corrected chi connectivity index (χ2v) is 5.36. The summed E-state index contributed by atoms with van der Waals surface area (Å²) in [6.45, 7) is 1.90. The third-order valence-corrected chi connectivity index (χ3v) is 3.80. The molecule has 1 aliphatic heterocycles. The molecule has 0 unspecified atom stereocenters. The molecule has 124 valence electrons. The zero-order chi connectivity index (χ0) is 17.4. The lowest BCUT2D eigenvalue weighted by atomic mass is 10.1. The summed E-state index contributed by atoms with van der Waals surface area (Å²) in [5, 5.41) is 17.0. The van der Waals surface area contributed by atoms with Crippen LogP contribution in [0.3, 0.4) is 0 Å². The van der Waals surface area contributed by atoms with Crippen LogP contribution in [0.5, 0.6) is 5.75 Å². The van der Waals surface area contributed by atoms with Gasteiger partial charge in [-0.15, -0.1) is 0 Å². The number of nitrogens with zero attached hydrogens (tertiary/aromatic N) is 4. The summed E-state index contributed by atoms with van der Waals surface area (Å²) < 4.78 is 5.17. The fourth-order valence-corrected chi connectivity index (χ4v) is 2.49. The number of ether oxygens (including phenoxy) is 1. The molecule has 1 heterocycles. The number of rotatable bonds is 5. The summed E-state index contributed by atoms with van der Waals surface area (Å²) in [6, 6.07) is 10.8. The topological polar surface area (TPSA) is 97.4 Å². The normalized spacial score (nSPS) is 13.8. The largest absolute Gasteiger partial charge is 0.479 e. The summed E-state index contributed by atoms with van der Waals surface area (Å²) >= 11 is 0. The Bertz CT molecular complexity index is 665. The van der Waals surface area contributed by atoms with Gasteiger partial charge in [0.15, 0.2) is 6.61 Å². The van der Waals surface area contributed by atoms with E-state index >= 15 is 0 Å². The Balaban J connectivity index is 1.82. The van der Waals surface area contributed by atoms with Crippen LogP contribution in [0.4, 0.5) is 0 Å². The van der Waals surface area contributed by atoms with E-state index in [2.05, 4.69) is 0 Å². The Morgan fingerprint density at radius 2 is 1.54 bits per heavy atom. The van der Waals surface area contributed by atoms with Gasteiger partial charge < -0.3 is 14.5 Å². The minimum absolute atomic E-state index is 0.00687. The minimum Gasteiger partial charge on any atom is -0.479 e. The summed E-state index contributed by atoms with van der Waals surface area (Å²) in [5.41, 5.74) is 0.868. The first-order valence-electron chi connectivity index (χ1n) is 7.65. The van der Waals surface area contributed by atoms with Gasteiger partial charge in [0, 0.05) is 26.2 Å². The molecule has 0 N–H and O–H groups in total. The van der Waals surface area contributed by atoms with Crippen molar-refractivity contribution < 1.29 is 14.3 Å². The second-order valence-electron chi connectivity index (χ2n) is 5.36. The lowest BCUT2D eigenvalue weighted by Crippen LogP contribution is -2.50. The predicted molar refractivity (Wildman–Crippen MR) is 84.6 cm³/mol. The van der Waals surface area contributed by atoms with Crippen LogP contribution in [0, 0.1) is 22.7 Å². The first kappa shape index (κ1) is 17.3. The molecule has 1 saturated heterocycles. The number of hydrogen-bond acceptors (Lipinski definition) is 5. The van der Waals surface area contributed by atoms with Crippen LogP contribution in [-0.2, 0) is 16.0 Å². The van der Waals surface area contributed by atoms with Gasteiger partial charge in [0.1, 0.15) is 18.2 Å². The molecule has 1 aliphatic rings. The van der Waals surface area contributed by atoms with E-state index in [1.165, 1.54) is 0 Å². The molecule has 0 radical (unpaired) electrons. The van der Waals surface area contributed by atoms with Crippen molar-refractivity contribution in [1.82, 2.24) is 9.80 Å². The second kappa shape index (κ2) is 8.54. The van der Waals surface area contributed by atoms with Crippen LogP contribution in [0.1, 0.15) is 12.0 Å². The van der Waals surface area contributed by atoms with Crippen molar-refractivity contribution in [2.45, 2.75) is 12.8 Å². The molecule has 0 spiro atoms. The maximum atomic E-state index is 12.3. The quantitative estimate of drug-likeness (QED) is 0.794. The summed E-state index contributed by atoms with van der Waals surface area (Å²) in [7, 11) is 0. The highest BCUT2D eigenvalue weighted by molar-refractivity contribution is 5.80. The SMILES string of the molecule is N#CCOc1ccc(CC(=O)N2CCN(C(=O)CC#N)CC2)cc1. The van der Waals surface area contributed by atoms with Gasteiger partial charge in [-0.25, -0.2) is 0 Å². The van der Waals surface area contributed by atoms with Gasteiger partial charge >= 0.3 is 0 Å². The van der Waals surface area contributed by atoms with Crippen molar-refractivity contribution in [1.29, 1.82) is 10.5 Å². The first-order valence-corrected chi connectivity index (χ1v) is 7.65. The van der Waals surface area contributed by atoms with Crippen LogP contribution in [0.2, 0.25) is 0 Å². The molecule has 1 aromatic rings. The molecular weight excluding hydrogens is 308 g/mol. The minimum atomic E-state index is -0.183. The molecule has 0 atom stereocenters. The molecular formula is C17H18N4O3. The maximum absolute atomic E-state index is 12.3. The van der Waals surface area contributed by atoms with E-state index < -0.39 is 0 Å². The Morgan fingerprint density at radius 1 is 0.958 bits per heavy atom. The van der Waals surface area contributed by atoms with Crippen molar-refractivity contribution in [3.05, 3.63) is 29.8 Å². The Morgan fingerprint density at radius 3 is 2.08 bits per heavy atom. The van der Waals surface area contributed by atoms with E-state index in [1.54, 1.807) is 34.1 Å². The summed E-state index contributed by atoms with van der Waals surface area (Å²) in [6.07, 6.45) is 0.166. The maximum Gasteiger partial charge on any atom is 0.236 e. The predicted octanol–water partition coefficient (Wildman–Crippen LogP) is 0.716. The fourth-order valence-electron chi connectivity index (χ4n) is 2.49. The number of carbonyl (C=O) groups is 2. The van der Waals surface area contributed by atoms with Crippen LogP contribution >= 0.6 is 0 Å². The molecule has 0 aromatic heterocycles. The van der Waals surface area contributed by atoms with Crippen molar-refractivity contribution >= 4 is 11.8 Å². The molecule has 1 fully saturated rings. The van der Waals surface area contributed by atoms with Crippen molar-refractivity contribution in [2.75, 3.05) is 32.8 Å². The molecule has 0 saturated carbocycles. The Labute approximate surface area is 140 Å². The zero-order valence-electron chi connectivity index (χ0n) is 13.3. The van der Waals surface area contributed by atoms with Crippen LogP contribution in [0.25, 0.3) is 0 Å². The summed E-state index contributed by atoms with van der Waals surface area (Å²) in [4.78, 5) is 27.3. The average Bonchev–Trinajstić information content (AvgIpc) is 2.61.